The van der Waals surface area contributed by atoms with Crippen LogP contribution in [-0.4, -0.2) is 60.0 Å². The van der Waals surface area contributed by atoms with Gasteiger partial charge in [0.1, 0.15) is 30.5 Å². The van der Waals surface area contributed by atoms with E-state index in [1.807, 2.05) is 13.8 Å². The summed E-state index contributed by atoms with van der Waals surface area (Å²) < 4.78 is 32.4. The SMILES string of the molecule is CCCC(C)OC(=O)Oc1ccc(C(C(C)C(C)OC(=O)OC2CCCCC2)[C@H](N)C(=O)O)cc1OC(=O)OC(C)CCC. The van der Waals surface area contributed by atoms with Crippen molar-refractivity contribution in [3.63, 3.8) is 0 Å². The standard InChI is InChI=1S/C32H49NO11/c1-7-12-19(3)39-30(36)43-25-17-16-23(18-26(25)44-31(37)40-20(4)13-8-2)27(28(33)29(34)35)21(5)22(6)41-32(38)42-24-14-10-9-11-15-24/h16-22,24,27-28H,7-15,33H2,1-6H3,(H,34,35)/t19?,20?,21?,22?,27?,28-/m0/s1. The lowest BCUT2D eigenvalue weighted by Crippen LogP contribution is -2.43. The van der Waals surface area contributed by atoms with Crippen LogP contribution in [0.4, 0.5) is 14.4 Å². The summed E-state index contributed by atoms with van der Waals surface area (Å²) in [7, 11) is 0. The van der Waals surface area contributed by atoms with Crippen molar-refractivity contribution >= 4 is 24.4 Å². The van der Waals surface area contributed by atoms with Crippen molar-refractivity contribution in [2.45, 2.75) is 136 Å². The van der Waals surface area contributed by atoms with Crippen LogP contribution in [0.3, 0.4) is 0 Å². The highest BCUT2D eigenvalue weighted by Crippen LogP contribution is 2.37. The van der Waals surface area contributed by atoms with Crippen molar-refractivity contribution < 1.29 is 52.7 Å². The Balaban J connectivity index is 2.36. The average Bonchev–Trinajstić information content (AvgIpc) is 2.94. The quantitative estimate of drug-likeness (QED) is 0.116. The first-order chi connectivity index (χ1) is 20.9. The lowest BCUT2D eigenvalue weighted by atomic mass is 9.79. The van der Waals surface area contributed by atoms with Crippen molar-refractivity contribution in [3.05, 3.63) is 23.8 Å². The number of benzene rings is 1. The molecule has 0 bridgehead atoms. The van der Waals surface area contributed by atoms with Crippen LogP contribution in [0.15, 0.2) is 18.2 Å². The van der Waals surface area contributed by atoms with Crippen LogP contribution in [0.5, 0.6) is 11.5 Å². The maximum absolute atomic E-state index is 12.6. The Morgan fingerprint density at radius 2 is 1.36 bits per heavy atom. The minimum atomic E-state index is -1.43. The number of carbonyl (C=O) groups excluding carboxylic acids is 3. The molecule has 12 heteroatoms. The molecule has 3 N–H and O–H groups in total. The van der Waals surface area contributed by atoms with E-state index in [1.54, 1.807) is 27.7 Å². The van der Waals surface area contributed by atoms with Gasteiger partial charge in [-0.2, -0.15) is 0 Å². The maximum Gasteiger partial charge on any atom is 0.514 e. The molecule has 1 aromatic rings. The third-order valence-corrected chi connectivity index (χ3v) is 7.80. The van der Waals surface area contributed by atoms with Crippen molar-refractivity contribution in [2.75, 3.05) is 0 Å². The second-order valence-corrected chi connectivity index (χ2v) is 11.5. The van der Waals surface area contributed by atoms with E-state index in [4.69, 9.17) is 34.2 Å². The van der Waals surface area contributed by atoms with E-state index in [1.165, 1.54) is 18.2 Å². The number of carboxylic acid groups (broad SMARTS) is 1. The van der Waals surface area contributed by atoms with Crippen LogP contribution in [0.25, 0.3) is 0 Å². The third-order valence-electron chi connectivity index (χ3n) is 7.80. The molecule has 0 aromatic heterocycles. The molecular weight excluding hydrogens is 574 g/mol. The summed E-state index contributed by atoms with van der Waals surface area (Å²) in [6.07, 6.45) is 2.70. The van der Waals surface area contributed by atoms with Crippen LogP contribution < -0.4 is 15.2 Å². The Bertz CT molecular complexity index is 1090. The van der Waals surface area contributed by atoms with Gasteiger partial charge < -0.3 is 39.3 Å². The van der Waals surface area contributed by atoms with Crippen LogP contribution in [0, 0.1) is 5.92 Å². The molecule has 0 saturated heterocycles. The van der Waals surface area contributed by atoms with E-state index in [2.05, 4.69) is 0 Å². The summed E-state index contributed by atoms with van der Waals surface area (Å²) in [5.74, 6) is -3.18. The second kappa shape index (κ2) is 18.3. The number of carbonyl (C=O) groups is 4. The Hall–Kier alpha value is -3.54. The van der Waals surface area contributed by atoms with Gasteiger partial charge in [-0.25, -0.2) is 14.4 Å². The molecule has 0 aliphatic heterocycles. The minimum Gasteiger partial charge on any atom is -0.480 e. The smallest absolute Gasteiger partial charge is 0.480 e. The fourth-order valence-electron chi connectivity index (χ4n) is 5.27. The summed E-state index contributed by atoms with van der Waals surface area (Å²) in [5, 5.41) is 9.86. The van der Waals surface area contributed by atoms with Gasteiger partial charge in [-0.3, -0.25) is 4.79 Å². The predicted molar refractivity (Wildman–Crippen MR) is 161 cm³/mol. The van der Waals surface area contributed by atoms with Gasteiger partial charge in [-0.05, 0) is 77.0 Å². The van der Waals surface area contributed by atoms with Gasteiger partial charge in [0, 0.05) is 11.8 Å². The van der Waals surface area contributed by atoms with E-state index in [9.17, 15) is 24.3 Å². The number of hydrogen-bond acceptors (Lipinski definition) is 11. The molecule has 1 aliphatic carbocycles. The molecule has 44 heavy (non-hydrogen) atoms. The molecule has 0 heterocycles. The molecule has 6 atom stereocenters. The number of aliphatic carboxylic acids is 1. The van der Waals surface area contributed by atoms with E-state index in [0.717, 1.165) is 44.9 Å². The highest BCUT2D eigenvalue weighted by atomic mass is 16.8. The topological polar surface area (TPSA) is 170 Å². The molecule has 5 unspecified atom stereocenters. The van der Waals surface area contributed by atoms with Gasteiger partial charge >= 0.3 is 24.4 Å². The zero-order valence-corrected chi connectivity index (χ0v) is 26.7. The van der Waals surface area contributed by atoms with Crippen LogP contribution >= 0.6 is 0 Å². The summed E-state index contributed by atoms with van der Waals surface area (Å²) >= 11 is 0. The summed E-state index contributed by atoms with van der Waals surface area (Å²) in [4.78, 5) is 49.8. The third kappa shape index (κ3) is 11.9. The van der Waals surface area contributed by atoms with Crippen LogP contribution in [0.2, 0.25) is 0 Å². The van der Waals surface area contributed by atoms with Crippen molar-refractivity contribution in [1.82, 2.24) is 0 Å². The number of nitrogens with two attached hydrogens (primary N) is 1. The highest BCUT2D eigenvalue weighted by molar-refractivity contribution is 5.75. The maximum atomic E-state index is 12.6. The second-order valence-electron chi connectivity index (χ2n) is 11.5. The summed E-state index contributed by atoms with van der Waals surface area (Å²) in [6, 6.07) is 2.80. The largest absolute Gasteiger partial charge is 0.514 e. The van der Waals surface area contributed by atoms with E-state index < -0.39 is 60.6 Å². The van der Waals surface area contributed by atoms with Crippen LogP contribution in [0.1, 0.15) is 111 Å². The first-order valence-electron chi connectivity index (χ1n) is 15.6. The van der Waals surface area contributed by atoms with Crippen molar-refractivity contribution in [1.29, 1.82) is 0 Å². The molecule has 2 rings (SSSR count). The van der Waals surface area contributed by atoms with Gasteiger partial charge in [0.05, 0.1) is 0 Å². The Morgan fingerprint density at radius 3 is 1.89 bits per heavy atom. The molecule has 248 valence electrons. The van der Waals surface area contributed by atoms with Gasteiger partial charge in [0.25, 0.3) is 0 Å². The molecule has 0 amide bonds. The minimum absolute atomic E-state index is 0.141. The number of carboxylic acids is 1. The molecule has 0 radical (unpaired) electrons. The average molecular weight is 624 g/mol. The molecule has 0 spiro atoms. The number of hydrogen-bond donors (Lipinski definition) is 2. The number of rotatable bonds is 15. The Kier molecular flexibility index (Phi) is 15.3. The molecule has 12 nitrogen and oxygen atoms in total. The fraction of sp³-hybridized carbons (Fsp3) is 0.688. The van der Waals surface area contributed by atoms with E-state index >= 15 is 0 Å². The van der Waals surface area contributed by atoms with E-state index in [-0.39, 0.29) is 17.6 Å². The van der Waals surface area contributed by atoms with Gasteiger partial charge in [-0.1, -0.05) is 46.1 Å². The van der Waals surface area contributed by atoms with Crippen LogP contribution in [-0.2, 0) is 23.7 Å². The highest BCUT2D eigenvalue weighted by Gasteiger charge is 2.36. The molecule has 1 aliphatic rings. The fourth-order valence-corrected chi connectivity index (χ4v) is 5.27. The van der Waals surface area contributed by atoms with Crippen molar-refractivity contribution in [2.24, 2.45) is 11.7 Å². The Morgan fingerprint density at radius 1 is 0.818 bits per heavy atom. The molecule has 1 aromatic carbocycles. The number of ether oxygens (including phenoxy) is 6. The summed E-state index contributed by atoms with van der Waals surface area (Å²) in [5.41, 5.74) is 6.50. The van der Waals surface area contributed by atoms with Crippen molar-refractivity contribution in [3.8, 4) is 11.5 Å². The first kappa shape index (κ1) is 36.7. The molecular formula is C32H49NO11. The van der Waals surface area contributed by atoms with Gasteiger partial charge in [-0.15, -0.1) is 0 Å². The molecule has 1 fully saturated rings. The lowest BCUT2D eigenvalue weighted by molar-refractivity contribution is -0.139. The van der Waals surface area contributed by atoms with E-state index in [0.29, 0.717) is 18.4 Å². The monoisotopic (exact) mass is 623 g/mol. The zero-order chi connectivity index (χ0) is 32.8. The Labute approximate surface area is 259 Å². The zero-order valence-electron chi connectivity index (χ0n) is 26.7. The normalized spacial score (nSPS) is 17.6. The lowest BCUT2D eigenvalue weighted by Gasteiger charge is -2.32. The summed E-state index contributed by atoms with van der Waals surface area (Å²) in [6.45, 7) is 10.7. The molecule has 1 saturated carbocycles. The predicted octanol–water partition coefficient (Wildman–Crippen LogP) is 7.10. The van der Waals surface area contributed by atoms with Gasteiger partial charge in [0.2, 0.25) is 0 Å². The van der Waals surface area contributed by atoms with Gasteiger partial charge in [0.15, 0.2) is 11.5 Å². The first-order valence-corrected chi connectivity index (χ1v) is 15.6.